The van der Waals surface area contributed by atoms with Crippen LogP contribution in [0.15, 0.2) is 0 Å². The number of sulfone groups is 1. The molecule has 118 valence electrons. The number of nitrogens with one attached hydrogen (secondary N) is 1. The molecule has 2 N–H and O–H groups in total. The van der Waals surface area contributed by atoms with Gasteiger partial charge >= 0.3 is 5.97 Å². The number of ether oxygens (including phenoxy) is 1. The number of carboxylic acids is 1. The Balaban J connectivity index is 2.86. The molecule has 0 bridgehead atoms. The lowest BCUT2D eigenvalue weighted by Gasteiger charge is -2.25. The van der Waals surface area contributed by atoms with Crippen LogP contribution in [-0.2, 0) is 29.6 Å². The van der Waals surface area contributed by atoms with E-state index in [2.05, 4.69) is 4.72 Å². The third-order valence-electron chi connectivity index (χ3n) is 2.81. The van der Waals surface area contributed by atoms with Crippen molar-refractivity contribution in [2.75, 3.05) is 38.3 Å². The first-order valence-corrected chi connectivity index (χ1v) is 9.11. The van der Waals surface area contributed by atoms with Gasteiger partial charge in [0.25, 0.3) is 10.2 Å². The number of methoxy groups -OCH3 is 1. The van der Waals surface area contributed by atoms with Crippen LogP contribution in [-0.4, -0.2) is 76.6 Å². The predicted octanol–water partition coefficient (Wildman–Crippen LogP) is -1.96. The zero-order chi connectivity index (χ0) is 15.4. The fraction of sp³-hybridized carbons (Fsp3) is 0.889. The number of rotatable bonds is 8. The summed E-state index contributed by atoms with van der Waals surface area (Å²) in [6, 6.07) is -0.851. The van der Waals surface area contributed by atoms with Crippen molar-refractivity contribution in [3.63, 3.8) is 0 Å². The van der Waals surface area contributed by atoms with Crippen LogP contribution in [0.2, 0.25) is 0 Å². The van der Waals surface area contributed by atoms with Gasteiger partial charge in [-0.1, -0.05) is 0 Å². The lowest BCUT2D eigenvalue weighted by atomic mass is 10.2. The van der Waals surface area contributed by atoms with Crippen LogP contribution in [0.1, 0.15) is 6.42 Å². The maximum absolute atomic E-state index is 12.0. The zero-order valence-corrected chi connectivity index (χ0v) is 12.6. The van der Waals surface area contributed by atoms with E-state index in [1.165, 1.54) is 7.11 Å². The molecule has 0 aromatic rings. The summed E-state index contributed by atoms with van der Waals surface area (Å²) in [5, 5.41) is 8.80. The first kappa shape index (κ1) is 17.3. The summed E-state index contributed by atoms with van der Waals surface area (Å²) in [4.78, 5) is 10.8. The Hall–Kier alpha value is -0.750. The van der Waals surface area contributed by atoms with E-state index < -0.39 is 38.6 Å². The van der Waals surface area contributed by atoms with E-state index in [1.54, 1.807) is 0 Å². The SMILES string of the molecule is COCCNS(=O)(=O)N(CC(=O)O)C1CCS(=O)(=O)C1. The third-order valence-corrected chi connectivity index (χ3v) is 6.17. The molecule has 0 radical (unpaired) electrons. The van der Waals surface area contributed by atoms with Crippen molar-refractivity contribution in [1.82, 2.24) is 9.03 Å². The second kappa shape index (κ2) is 6.80. The van der Waals surface area contributed by atoms with Crippen LogP contribution in [0.3, 0.4) is 0 Å². The summed E-state index contributed by atoms with van der Waals surface area (Å²) >= 11 is 0. The number of carboxylic acid groups (broad SMARTS) is 1. The van der Waals surface area contributed by atoms with E-state index in [0.717, 1.165) is 0 Å². The van der Waals surface area contributed by atoms with Gasteiger partial charge in [0.2, 0.25) is 0 Å². The Morgan fingerprint density at radius 1 is 1.50 bits per heavy atom. The van der Waals surface area contributed by atoms with E-state index in [1.807, 2.05) is 0 Å². The highest BCUT2D eigenvalue weighted by Gasteiger charge is 2.38. The lowest BCUT2D eigenvalue weighted by Crippen LogP contribution is -2.50. The van der Waals surface area contributed by atoms with Gasteiger partial charge in [0, 0.05) is 19.7 Å². The topological polar surface area (TPSA) is 130 Å². The second-order valence-corrected chi connectivity index (χ2v) is 8.32. The van der Waals surface area contributed by atoms with Crippen LogP contribution in [0.25, 0.3) is 0 Å². The summed E-state index contributed by atoms with van der Waals surface area (Å²) in [6.07, 6.45) is 0.0980. The van der Waals surface area contributed by atoms with Gasteiger partial charge in [0.05, 0.1) is 18.1 Å². The molecule has 1 unspecified atom stereocenters. The molecule has 1 rings (SSSR count). The van der Waals surface area contributed by atoms with Crippen molar-refractivity contribution in [3.05, 3.63) is 0 Å². The van der Waals surface area contributed by atoms with Gasteiger partial charge in [-0.15, -0.1) is 0 Å². The van der Waals surface area contributed by atoms with Gasteiger partial charge in [-0.3, -0.25) is 4.79 Å². The lowest BCUT2D eigenvalue weighted by molar-refractivity contribution is -0.137. The largest absolute Gasteiger partial charge is 0.480 e. The molecule has 11 heteroatoms. The van der Waals surface area contributed by atoms with Gasteiger partial charge in [-0.05, 0) is 6.42 Å². The molecule has 1 saturated heterocycles. The molecule has 0 spiro atoms. The van der Waals surface area contributed by atoms with E-state index in [-0.39, 0.29) is 31.1 Å². The van der Waals surface area contributed by atoms with Gasteiger partial charge in [-0.2, -0.15) is 17.4 Å². The highest BCUT2D eigenvalue weighted by molar-refractivity contribution is 7.91. The minimum Gasteiger partial charge on any atom is -0.480 e. The Morgan fingerprint density at radius 2 is 2.15 bits per heavy atom. The van der Waals surface area contributed by atoms with Crippen LogP contribution < -0.4 is 4.72 Å². The van der Waals surface area contributed by atoms with E-state index in [4.69, 9.17) is 9.84 Å². The molecule has 1 aliphatic heterocycles. The number of aliphatic carboxylic acids is 1. The van der Waals surface area contributed by atoms with Gasteiger partial charge < -0.3 is 9.84 Å². The summed E-state index contributed by atoms with van der Waals surface area (Å²) in [6.45, 7) is -0.667. The Bertz CT molecular complexity index is 543. The summed E-state index contributed by atoms with van der Waals surface area (Å²) in [7, 11) is -5.98. The van der Waals surface area contributed by atoms with Crippen LogP contribution in [0, 0.1) is 0 Å². The van der Waals surface area contributed by atoms with E-state index >= 15 is 0 Å². The maximum atomic E-state index is 12.0. The summed E-state index contributed by atoms with van der Waals surface area (Å²) in [5.74, 6) is -1.83. The standard InChI is InChI=1S/C9H18N2O7S2/c1-18-4-3-10-20(16,17)11(6-9(12)13)8-2-5-19(14,15)7-8/h8,10H,2-7H2,1H3,(H,12,13). The molecule has 0 amide bonds. The molecule has 1 aliphatic rings. The molecular weight excluding hydrogens is 312 g/mol. The van der Waals surface area contributed by atoms with Gasteiger partial charge in [0.15, 0.2) is 9.84 Å². The normalized spacial score (nSPS) is 22.2. The number of hydrogen-bond acceptors (Lipinski definition) is 6. The molecule has 0 aliphatic carbocycles. The fourth-order valence-electron chi connectivity index (χ4n) is 1.90. The van der Waals surface area contributed by atoms with Crippen molar-refractivity contribution >= 4 is 26.0 Å². The van der Waals surface area contributed by atoms with E-state index in [9.17, 15) is 21.6 Å². The molecule has 9 nitrogen and oxygen atoms in total. The molecule has 1 heterocycles. The van der Waals surface area contributed by atoms with Crippen LogP contribution in [0.4, 0.5) is 0 Å². The number of nitrogens with zero attached hydrogens (tertiary/aromatic N) is 1. The molecule has 20 heavy (non-hydrogen) atoms. The summed E-state index contributed by atoms with van der Waals surface area (Å²) < 4.78 is 54.5. The minimum absolute atomic E-state index is 0.0194. The average Bonchev–Trinajstić information content (AvgIpc) is 2.66. The first-order valence-electron chi connectivity index (χ1n) is 5.85. The molecule has 0 aromatic carbocycles. The van der Waals surface area contributed by atoms with Crippen LogP contribution >= 0.6 is 0 Å². The molecule has 1 fully saturated rings. The fourth-order valence-corrected chi connectivity index (χ4v) is 5.09. The third kappa shape index (κ3) is 4.98. The molecular formula is C9H18N2O7S2. The maximum Gasteiger partial charge on any atom is 0.318 e. The van der Waals surface area contributed by atoms with Crippen molar-refractivity contribution in [3.8, 4) is 0 Å². The Labute approximate surface area is 118 Å². The van der Waals surface area contributed by atoms with Crippen molar-refractivity contribution in [2.45, 2.75) is 12.5 Å². The van der Waals surface area contributed by atoms with Crippen molar-refractivity contribution < 1.29 is 31.5 Å². The van der Waals surface area contributed by atoms with E-state index in [0.29, 0.717) is 4.31 Å². The van der Waals surface area contributed by atoms with Crippen molar-refractivity contribution in [1.29, 1.82) is 0 Å². The zero-order valence-electron chi connectivity index (χ0n) is 11.0. The highest BCUT2D eigenvalue weighted by atomic mass is 32.2. The monoisotopic (exact) mass is 330 g/mol. The Kier molecular flexibility index (Phi) is 5.89. The number of hydrogen-bond donors (Lipinski definition) is 2. The quantitative estimate of drug-likeness (QED) is 0.494. The summed E-state index contributed by atoms with van der Waals surface area (Å²) in [5.41, 5.74) is 0. The average molecular weight is 330 g/mol. The second-order valence-electron chi connectivity index (χ2n) is 4.39. The molecule has 0 saturated carbocycles. The smallest absolute Gasteiger partial charge is 0.318 e. The molecule has 1 atom stereocenters. The first-order chi connectivity index (χ1) is 9.18. The minimum atomic E-state index is -4.07. The Morgan fingerprint density at radius 3 is 2.60 bits per heavy atom. The van der Waals surface area contributed by atoms with Crippen molar-refractivity contribution in [2.24, 2.45) is 0 Å². The highest BCUT2D eigenvalue weighted by Crippen LogP contribution is 2.19. The molecule has 0 aromatic heterocycles. The van der Waals surface area contributed by atoms with Gasteiger partial charge in [0.1, 0.15) is 6.54 Å². The van der Waals surface area contributed by atoms with Crippen LogP contribution in [0.5, 0.6) is 0 Å². The van der Waals surface area contributed by atoms with Gasteiger partial charge in [-0.25, -0.2) is 8.42 Å². The number of carbonyl (C=O) groups is 1. The predicted molar refractivity (Wildman–Crippen MR) is 70.2 cm³/mol.